The number of carbonyl (C=O) groups is 3. The minimum atomic E-state index is -0.899. The third-order valence-corrected chi connectivity index (χ3v) is 7.76. The zero-order chi connectivity index (χ0) is 38.5. The third kappa shape index (κ3) is 32.2. The number of likely N-dealkylation sites (N-methyl/N-ethyl adjacent to an activating group) is 1. The minimum Gasteiger partial charge on any atom is -0.477 e. The SMILES string of the molecule is CC/C=C\C/C=C\C/C=C\C/C=C\C/C=C\CC(=O)OC(COCCC(C(=O)O)[N+](C)(C)C)COC(=O)CCCCC/C=C\C/C=C\C/C=C\CC. The van der Waals surface area contributed by atoms with Gasteiger partial charge in [0.2, 0.25) is 0 Å². The standard InChI is InChI=1S/C44H69NO7/c1-6-8-10-12-14-16-18-20-21-23-25-27-29-31-33-35-43(47)52-40(38-50-37-36-41(44(48)49)45(3,4)5)39-51-42(46)34-32-30-28-26-24-22-19-17-15-13-11-9-7-2/h8-11,14-17,20-22,24-25,27,31,33,40-41H,6-7,12-13,18-19,23,26,28-30,32,34-39H2,1-5H3/p+1/b10-8-,11-9-,16-14-,17-15-,21-20-,24-22-,27-25-,33-31-. The van der Waals surface area contributed by atoms with Gasteiger partial charge in [-0.05, 0) is 70.6 Å². The molecule has 8 nitrogen and oxygen atoms in total. The van der Waals surface area contributed by atoms with E-state index in [-0.39, 0.29) is 36.7 Å². The molecule has 52 heavy (non-hydrogen) atoms. The molecular formula is C44H70NO7+. The Kier molecular flexibility index (Phi) is 31.9. The van der Waals surface area contributed by atoms with Crippen LogP contribution in [0.1, 0.15) is 110 Å². The monoisotopic (exact) mass is 725 g/mol. The van der Waals surface area contributed by atoms with E-state index in [9.17, 15) is 19.5 Å². The summed E-state index contributed by atoms with van der Waals surface area (Å²) < 4.78 is 17.0. The van der Waals surface area contributed by atoms with Gasteiger partial charge in [0.25, 0.3) is 0 Å². The first-order valence-corrected chi connectivity index (χ1v) is 19.3. The van der Waals surface area contributed by atoms with Crippen LogP contribution in [0.15, 0.2) is 97.2 Å². The van der Waals surface area contributed by atoms with Crippen LogP contribution in [-0.2, 0) is 28.6 Å². The number of carboxylic acid groups (broad SMARTS) is 1. The van der Waals surface area contributed by atoms with Gasteiger partial charge in [0, 0.05) is 12.8 Å². The molecule has 8 heteroatoms. The fourth-order valence-corrected chi connectivity index (χ4v) is 4.83. The second-order valence-corrected chi connectivity index (χ2v) is 13.4. The van der Waals surface area contributed by atoms with Gasteiger partial charge in [-0.25, -0.2) is 4.79 Å². The molecule has 0 aromatic rings. The van der Waals surface area contributed by atoms with Crippen molar-refractivity contribution in [2.24, 2.45) is 0 Å². The number of carbonyl (C=O) groups excluding carboxylic acids is 2. The maximum absolute atomic E-state index is 12.6. The Hall–Kier alpha value is -3.75. The first kappa shape index (κ1) is 48.2. The highest BCUT2D eigenvalue weighted by Gasteiger charge is 2.31. The van der Waals surface area contributed by atoms with Gasteiger partial charge in [0.05, 0.1) is 40.8 Å². The van der Waals surface area contributed by atoms with Gasteiger partial charge in [-0.1, -0.05) is 117 Å². The van der Waals surface area contributed by atoms with Gasteiger partial charge in [0.1, 0.15) is 6.61 Å². The van der Waals surface area contributed by atoms with Crippen LogP contribution in [0, 0.1) is 0 Å². The van der Waals surface area contributed by atoms with Gasteiger partial charge >= 0.3 is 17.9 Å². The van der Waals surface area contributed by atoms with Crippen LogP contribution in [0.2, 0.25) is 0 Å². The molecule has 2 atom stereocenters. The number of rotatable bonds is 32. The molecule has 2 unspecified atom stereocenters. The van der Waals surface area contributed by atoms with E-state index >= 15 is 0 Å². The zero-order valence-corrected chi connectivity index (χ0v) is 33.0. The number of unbranched alkanes of at least 4 members (excludes halogenated alkanes) is 3. The molecule has 0 bridgehead atoms. The fourth-order valence-electron chi connectivity index (χ4n) is 4.83. The normalized spacial score (nSPS) is 14.1. The van der Waals surface area contributed by atoms with E-state index in [4.69, 9.17) is 14.2 Å². The van der Waals surface area contributed by atoms with Crippen molar-refractivity contribution < 1.29 is 38.2 Å². The summed E-state index contributed by atoms with van der Waals surface area (Å²) >= 11 is 0. The number of quaternary nitrogens is 1. The number of hydrogen-bond donors (Lipinski definition) is 1. The molecule has 0 saturated carbocycles. The highest BCUT2D eigenvalue weighted by Crippen LogP contribution is 2.10. The Labute approximate surface area is 316 Å². The predicted octanol–water partition coefficient (Wildman–Crippen LogP) is 9.96. The number of allylic oxidation sites excluding steroid dienone is 15. The van der Waals surface area contributed by atoms with Crippen molar-refractivity contribution in [3.63, 3.8) is 0 Å². The Morgan fingerprint density at radius 2 is 1.08 bits per heavy atom. The van der Waals surface area contributed by atoms with Gasteiger partial charge in [0.15, 0.2) is 12.1 Å². The molecule has 0 heterocycles. The van der Waals surface area contributed by atoms with Crippen molar-refractivity contribution in [3.8, 4) is 0 Å². The topological polar surface area (TPSA) is 99.1 Å². The van der Waals surface area contributed by atoms with Crippen LogP contribution in [0.25, 0.3) is 0 Å². The first-order valence-electron chi connectivity index (χ1n) is 19.3. The second kappa shape index (κ2) is 34.3. The molecular weight excluding hydrogens is 654 g/mol. The molecule has 0 fully saturated rings. The number of ether oxygens (including phenoxy) is 3. The van der Waals surface area contributed by atoms with Crippen molar-refractivity contribution >= 4 is 17.9 Å². The number of nitrogens with zero attached hydrogens (tertiary/aromatic N) is 1. The highest BCUT2D eigenvalue weighted by atomic mass is 16.6. The van der Waals surface area contributed by atoms with E-state index < -0.39 is 24.1 Å². The molecule has 0 aliphatic carbocycles. The molecule has 0 saturated heterocycles. The number of esters is 2. The van der Waals surface area contributed by atoms with Gasteiger partial charge in [-0.15, -0.1) is 0 Å². The summed E-state index contributed by atoms with van der Waals surface area (Å²) in [6, 6.07) is -0.639. The summed E-state index contributed by atoms with van der Waals surface area (Å²) in [6.07, 6.45) is 44.8. The summed E-state index contributed by atoms with van der Waals surface area (Å²) in [6.45, 7) is 4.32. The molecule has 0 radical (unpaired) electrons. The molecule has 0 aromatic carbocycles. The fraction of sp³-hybridized carbons (Fsp3) is 0.568. The van der Waals surface area contributed by atoms with Crippen LogP contribution in [0.4, 0.5) is 0 Å². The van der Waals surface area contributed by atoms with Crippen molar-refractivity contribution in [1.82, 2.24) is 0 Å². The lowest BCUT2D eigenvalue weighted by Crippen LogP contribution is -2.50. The summed E-state index contributed by atoms with van der Waals surface area (Å²) in [5.74, 6) is -1.69. The summed E-state index contributed by atoms with van der Waals surface area (Å²) in [4.78, 5) is 36.7. The summed E-state index contributed by atoms with van der Waals surface area (Å²) in [5, 5.41) is 9.58. The van der Waals surface area contributed by atoms with Crippen LogP contribution >= 0.6 is 0 Å². The van der Waals surface area contributed by atoms with Crippen LogP contribution in [0.3, 0.4) is 0 Å². The number of carboxylic acids is 1. The smallest absolute Gasteiger partial charge is 0.362 e. The Bertz CT molecular complexity index is 1170. The Morgan fingerprint density at radius 1 is 0.596 bits per heavy atom. The maximum atomic E-state index is 12.6. The van der Waals surface area contributed by atoms with Gasteiger partial charge in [-0.2, -0.15) is 0 Å². The highest BCUT2D eigenvalue weighted by molar-refractivity contribution is 5.72. The van der Waals surface area contributed by atoms with Gasteiger partial charge in [-0.3, -0.25) is 9.59 Å². The van der Waals surface area contributed by atoms with E-state index in [1.807, 2.05) is 27.2 Å². The average Bonchev–Trinajstić information content (AvgIpc) is 3.09. The van der Waals surface area contributed by atoms with Crippen LogP contribution < -0.4 is 0 Å². The molecule has 0 rings (SSSR count). The van der Waals surface area contributed by atoms with Crippen molar-refractivity contribution in [2.45, 2.75) is 122 Å². The van der Waals surface area contributed by atoms with E-state index in [2.05, 4.69) is 98.9 Å². The average molecular weight is 725 g/mol. The Balaban J connectivity index is 4.64. The largest absolute Gasteiger partial charge is 0.477 e. The second-order valence-electron chi connectivity index (χ2n) is 13.4. The Morgan fingerprint density at radius 3 is 1.56 bits per heavy atom. The quantitative estimate of drug-likeness (QED) is 0.0319. The molecule has 0 amide bonds. The van der Waals surface area contributed by atoms with Gasteiger partial charge < -0.3 is 23.8 Å². The van der Waals surface area contributed by atoms with E-state index in [0.29, 0.717) is 19.3 Å². The van der Waals surface area contributed by atoms with Crippen molar-refractivity contribution in [1.29, 1.82) is 0 Å². The first-order chi connectivity index (χ1) is 25.1. The summed E-state index contributed by atoms with van der Waals surface area (Å²) in [7, 11) is 5.46. The zero-order valence-electron chi connectivity index (χ0n) is 33.0. The molecule has 0 aliphatic heterocycles. The number of hydrogen-bond acceptors (Lipinski definition) is 6. The maximum Gasteiger partial charge on any atom is 0.362 e. The molecule has 0 aromatic heterocycles. The lowest BCUT2D eigenvalue weighted by atomic mass is 10.1. The minimum absolute atomic E-state index is 0.00509. The molecule has 0 spiro atoms. The lowest BCUT2D eigenvalue weighted by molar-refractivity contribution is -0.887. The molecule has 292 valence electrons. The molecule has 1 N–H and O–H groups in total. The van der Waals surface area contributed by atoms with Crippen LogP contribution in [-0.4, -0.2) is 80.6 Å². The van der Waals surface area contributed by atoms with Crippen molar-refractivity contribution in [3.05, 3.63) is 97.2 Å². The van der Waals surface area contributed by atoms with Crippen molar-refractivity contribution in [2.75, 3.05) is 41.0 Å². The molecule has 0 aliphatic rings. The van der Waals surface area contributed by atoms with E-state index in [1.165, 1.54) is 0 Å². The summed E-state index contributed by atoms with van der Waals surface area (Å²) in [5.41, 5.74) is 0. The number of aliphatic carboxylic acids is 1. The predicted molar refractivity (Wildman–Crippen MR) is 215 cm³/mol. The third-order valence-electron chi connectivity index (χ3n) is 7.76. The van der Waals surface area contributed by atoms with E-state index in [0.717, 1.165) is 70.6 Å². The lowest BCUT2D eigenvalue weighted by Gasteiger charge is -2.31. The van der Waals surface area contributed by atoms with E-state index in [1.54, 1.807) is 6.08 Å². The van der Waals surface area contributed by atoms with Crippen LogP contribution in [0.5, 0.6) is 0 Å².